The zero-order valence-electron chi connectivity index (χ0n) is 14.8. The Morgan fingerprint density at radius 2 is 1.86 bits per heavy atom. The molecule has 142 valence electrons. The summed E-state index contributed by atoms with van der Waals surface area (Å²) < 4.78 is 5.62. The van der Waals surface area contributed by atoms with Gasteiger partial charge in [-0.05, 0) is 29.8 Å². The fourth-order valence-electron chi connectivity index (χ4n) is 2.36. The number of nitrogens with zero attached hydrogens (tertiary/aromatic N) is 2. The summed E-state index contributed by atoms with van der Waals surface area (Å²) in [6, 6.07) is 19.4. The SMILES string of the molecule is O=C(CSCc1ccccc1)N/N=C\c1ccc(-c2ccc([N+](=O)[O-])cc2)o1. The van der Waals surface area contributed by atoms with Crippen molar-refractivity contribution in [2.45, 2.75) is 5.75 Å². The minimum Gasteiger partial charge on any atom is -0.455 e. The summed E-state index contributed by atoms with van der Waals surface area (Å²) >= 11 is 1.51. The molecule has 8 heteroatoms. The van der Waals surface area contributed by atoms with E-state index in [4.69, 9.17) is 4.42 Å². The van der Waals surface area contributed by atoms with Crippen LogP contribution in [0.1, 0.15) is 11.3 Å². The summed E-state index contributed by atoms with van der Waals surface area (Å²) in [5, 5.41) is 14.6. The molecule has 1 aromatic heterocycles. The highest BCUT2D eigenvalue weighted by Gasteiger charge is 2.08. The van der Waals surface area contributed by atoms with Crippen molar-refractivity contribution < 1.29 is 14.1 Å². The standard InChI is InChI=1S/C20H17N3O4S/c24-20(14-28-13-15-4-2-1-3-5-15)22-21-12-18-10-11-19(27-18)16-6-8-17(9-7-16)23(25)26/h1-12H,13-14H2,(H,22,24)/b21-12-. The summed E-state index contributed by atoms with van der Waals surface area (Å²) in [5.41, 5.74) is 4.36. The average molecular weight is 395 g/mol. The fourth-order valence-corrected chi connectivity index (χ4v) is 3.14. The van der Waals surface area contributed by atoms with Crippen molar-refractivity contribution >= 4 is 29.6 Å². The average Bonchev–Trinajstić information content (AvgIpc) is 3.18. The summed E-state index contributed by atoms with van der Waals surface area (Å²) in [7, 11) is 0. The maximum Gasteiger partial charge on any atom is 0.269 e. The Labute approximate surface area is 165 Å². The quantitative estimate of drug-likeness (QED) is 0.349. The van der Waals surface area contributed by atoms with Crippen LogP contribution in [0.25, 0.3) is 11.3 Å². The molecule has 0 saturated carbocycles. The van der Waals surface area contributed by atoms with Gasteiger partial charge in [0.1, 0.15) is 11.5 Å². The number of nitrogens with one attached hydrogen (secondary N) is 1. The lowest BCUT2D eigenvalue weighted by Gasteiger charge is -2.01. The van der Waals surface area contributed by atoms with Crippen LogP contribution in [0.3, 0.4) is 0 Å². The monoisotopic (exact) mass is 395 g/mol. The van der Waals surface area contributed by atoms with E-state index in [1.807, 2.05) is 30.3 Å². The van der Waals surface area contributed by atoms with E-state index >= 15 is 0 Å². The molecule has 0 aliphatic heterocycles. The molecule has 3 rings (SSSR count). The zero-order valence-corrected chi connectivity index (χ0v) is 15.6. The number of thioether (sulfide) groups is 1. The van der Waals surface area contributed by atoms with E-state index in [2.05, 4.69) is 10.5 Å². The summed E-state index contributed by atoms with van der Waals surface area (Å²) in [6.45, 7) is 0. The van der Waals surface area contributed by atoms with Crippen LogP contribution in [0.5, 0.6) is 0 Å². The predicted molar refractivity (Wildman–Crippen MR) is 109 cm³/mol. The van der Waals surface area contributed by atoms with Crippen molar-refractivity contribution in [3.63, 3.8) is 0 Å². The van der Waals surface area contributed by atoms with Crippen molar-refractivity contribution in [1.82, 2.24) is 5.43 Å². The highest BCUT2D eigenvalue weighted by Crippen LogP contribution is 2.24. The normalized spacial score (nSPS) is 10.9. The molecule has 0 fully saturated rings. The number of amides is 1. The van der Waals surface area contributed by atoms with E-state index in [9.17, 15) is 14.9 Å². The number of furan rings is 1. The van der Waals surface area contributed by atoms with Crippen LogP contribution in [-0.2, 0) is 10.5 Å². The number of nitro groups is 1. The molecule has 0 atom stereocenters. The topological polar surface area (TPSA) is 97.7 Å². The van der Waals surface area contributed by atoms with Gasteiger partial charge in [0.05, 0.1) is 16.9 Å². The first-order valence-electron chi connectivity index (χ1n) is 8.40. The first-order valence-corrected chi connectivity index (χ1v) is 9.55. The van der Waals surface area contributed by atoms with Crippen LogP contribution in [0.15, 0.2) is 76.2 Å². The van der Waals surface area contributed by atoms with Gasteiger partial charge >= 0.3 is 0 Å². The van der Waals surface area contributed by atoms with Crippen molar-refractivity contribution in [2.75, 3.05) is 5.75 Å². The number of hydrogen-bond donors (Lipinski definition) is 1. The van der Waals surface area contributed by atoms with Gasteiger partial charge < -0.3 is 4.42 Å². The van der Waals surface area contributed by atoms with Crippen LogP contribution < -0.4 is 5.43 Å². The smallest absolute Gasteiger partial charge is 0.269 e. The summed E-state index contributed by atoms with van der Waals surface area (Å²) in [4.78, 5) is 22.0. The van der Waals surface area contributed by atoms with Crippen molar-refractivity contribution in [3.05, 3.63) is 88.2 Å². The van der Waals surface area contributed by atoms with Crippen molar-refractivity contribution in [1.29, 1.82) is 0 Å². The van der Waals surface area contributed by atoms with E-state index in [1.165, 1.54) is 30.1 Å². The van der Waals surface area contributed by atoms with Gasteiger partial charge in [0.2, 0.25) is 5.91 Å². The first kappa shape index (κ1) is 19.4. The second kappa shape index (κ2) is 9.52. The predicted octanol–water partition coefficient (Wildman–Crippen LogP) is 4.24. The number of benzene rings is 2. The maximum absolute atomic E-state index is 11.8. The molecule has 0 spiro atoms. The van der Waals surface area contributed by atoms with Crippen LogP contribution in [0, 0.1) is 10.1 Å². The molecule has 1 N–H and O–H groups in total. The Kier molecular flexibility index (Phi) is 6.59. The molecule has 28 heavy (non-hydrogen) atoms. The Hall–Kier alpha value is -3.39. The number of hydrogen-bond acceptors (Lipinski definition) is 6. The largest absolute Gasteiger partial charge is 0.455 e. The minimum absolute atomic E-state index is 0.0185. The molecule has 0 saturated heterocycles. The van der Waals surface area contributed by atoms with Crippen LogP contribution >= 0.6 is 11.8 Å². The fraction of sp³-hybridized carbons (Fsp3) is 0.100. The minimum atomic E-state index is -0.454. The van der Waals surface area contributed by atoms with Crippen molar-refractivity contribution in [2.24, 2.45) is 5.10 Å². The molecule has 0 unspecified atom stereocenters. The third kappa shape index (κ3) is 5.55. The molecule has 2 aromatic carbocycles. The number of rotatable bonds is 8. The molecular formula is C20H17N3O4S. The molecule has 1 amide bonds. The van der Waals surface area contributed by atoms with Gasteiger partial charge in [0, 0.05) is 23.4 Å². The van der Waals surface area contributed by atoms with Gasteiger partial charge in [-0.2, -0.15) is 5.10 Å². The highest BCUT2D eigenvalue weighted by molar-refractivity contribution is 7.99. The van der Waals surface area contributed by atoms with E-state index < -0.39 is 4.92 Å². The van der Waals surface area contributed by atoms with Gasteiger partial charge in [0.15, 0.2) is 0 Å². The molecule has 1 heterocycles. The Balaban J connectivity index is 1.47. The Bertz CT molecular complexity index is 969. The lowest BCUT2D eigenvalue weighted by atomic mass is 10.1. The van der Waals surface area contributed by atoms with Gasteiger partial charge in [-0.15, -0.1) is 11.8 Å². The van der Waals surface area contributed by atoms with Crippen molar-refractivity contribution in [3.8, 4) is 11.3 Å². The maximum atomic E-state index is 11.8. The highest BCUT2D eigenvalue weighted by atomic mass is 32.2. The molecule has 0 radical (unpaired) electrons. The van der Waals surface area contributed by atoms with Gasteiger partial charge in [-0.3, -0.25) is 14.9 Å². The molecule has 0 aliphatic rings. The summed E-state index contributed by atoms with van der Waals surface area (Å²) in [6.07, 6.45) is 1.41. The van der Waals surface area contributed by atoms with Crippen LogP contribution in [0.4, 0.5) is 5.69 Å². The molecule has 0 aliphatic carbocycles. The molecule has 3 aromatic rings. The van der Waals surface area contributed by atoms with Crippen LogP contribution in [0.2, 0.25) is 0 Å². The Morgan fingerprint density at radius 1 is 1.11 bits per heavy atom. The Morgan fingerprint density at radius 3 is 2.57 bits per heavy atom. The molecular weight excluding hydrogens is 378 g/mol. The number of non-ortho nitro benzene ring substituents is 1. The second-order valence-electron chi connectivity index (χ2n) is 5.78. The third-order valence-corrected chi connectivity index (χ3v) is 4.72. The number of carbonyl (C=O) groups excluding carboxylic acids is 1. The number of carbonyl (C=O) groups is 1. The van der Waals surface area contributed by atoms with Gasteiger partial charge in [-0.25, -0.2) is 5.43 Å². The number of nitro benzene ring substituents is 1. The van der Waals surface area contributed by atoms with Gasteiger partial charge in [-0.1, -0.05) is 30.3 Å². The van der Waals surface area contributed by atoms with E-state index in [1.54, 1.807) is 24.3 Å². The lowest BCUT2D eigenvalue weighted by molar-refractivity contribution is -0.384. The first-order chi connectivity index (χ1) is 13.6. The second-order valence-corrected chi connectivity index (χ2v) is 6.76. The lowest BCUT2D eigenvalue weighted by Crippen LogP contribution is -2.19. The van der Waals surface area contributed by atoms with E-state index in [-0.39, 0.29) is 11.6 Å². The van der Waals surface area contributed by atoms with Crippen LogP contribution in [-0.4, -0.2) is 22.8 Å². The van der Waals surface area contributed by atoms with Gasteiger partial charge in [0.25, 0.3) is 5.69 Å². The zero-order chi connectivity index (χ0) is 19.8. The van der Waals surface area contributed by atoms with E-state index in [0.717, 1.165) is 11.3 Å². The molecule has 7 nitrogen and oxygen atoms in total. The van der Waals surface area contributed by atoms with E-state index in [0.29, 0.717) is 22.8 Å². The third-order valence-electron chi connectivity index (χ3n) is 3.72. The number of hydrazone groups is 1. The summed E-state index contributed by atoms with van der Waals surface area (Å²) in [5.74, 6) is 1.89. The molecule has 0 bridgehead atoms.